The first kappa shape index (κ1) is 34.9. The van der Waals surface area contributed by atoms with Gasteiger partial charge in [0.15, 0.2) is 0 Å². The first-order valence-electron chi connectivity index (χ1n) is 13.8. The van der Waals surface area contributed by atoms with Crippen molar-refractivity contribution in [3.8, 4) is 5.75 Å². The van der Waals surface area contributed by atoms with Gasteiger partial charge in [-0.05, 0) is 60.2 Å². The summed E-state index contributed by atoms with van der Waals surface area (Å²) in [6, 6.07) is 17.6. The highest BCUT2D eigenvalue weighted by Crippen LogP contribution is 2.36. The molecule has 0 atom stereocenters. The molecule has 48 heavy (non-hydrogen) atoms. The Morgan fingerprint density at radius 2 is 1.52 bits per heavy atom. The quantitative estimate of drug-likeness (QED) is 0.120. The molecular formula is C31H29N5O10S2. The number of carboxylic acids is 1. The molecule has 0 bridgehead atoms. The van der Waals surface area contributed by atoms with Gasteiger partial charge in [-0.1, -0.05) is 24.3 Å². The zero-order valence-corrected chi connectivity index (χ0v) is 26.7. The van der Waals surface area contributed by atoms with E-state index in [2.05, 4.69) is 10.0 Å². The van der Waals surface area contributed by atoms with E-state index in [1.54, 1.807) is 12.1 Å². The molecule has 0 aliphatic carbocycles. The Kier molecular flexibility index (Phi) is 10.4. The summed E-state index contributed by atoms with van der Waals surface area (Å²) in [6.07, 6.45) is 1.13. The van der Waals surface area contributed by atoms with Gasteiger partial charge >= 0.3 is 5.97 Å². The van der Waals surface area contributed by atoms with Gasteiger partial charge in [-0.15, -0.1) is 0 Å². The second-order valence-electron chi connectivity index (χ2n) is 10.1. The van der Waals surface area contributed by atoms with E-state index in [9.17, 15) is 36.0 Å². The molecule has 0 spiro atoms. The van der Waals surface area contributed by atoms with E-state index < -0.39 is 50.3 Å². The summed E-state index contributed by atoms with van der Waals surface area (Å²) >= 11 is 0. The van der Waals surface area contributed by atoms with Crippen LogP contribution < -0.4 is 30.5 Å². The number of carboxylic acid groups (broad SMARTS) is 1. The molecule has 0 aromatic heterocycles. The van der Waals surface area contributed by atoms with E-state index in [4.69, 9.17) is 21.3 Å². The lowest BCUT2D eigenvalue weighted by molar-refractivity contribution is -0.131. The predicted octanol–water partition coefficient (Wildman–Crippen LogP) is 1.94. The third kappa shape index (κ3) is 8.06. The summed E-state index contributed by atoms with van der Waals surface area (Å²) in [5.74, 6) is -3.44. The largest absolute Gasteiger partial charge is 0.497 e. The monoisotopic (exact) mass is 695 g/mol. The van der Waals surface area contributed by atoms with Crippen molar-refractivity contribution in [3.05, 3.63) is 96.6 Å². The third-order valence-electron chi connectivity index (χ3n) is 6.73. The number of primary amides is 2. The van der Waals surface area contributed by atoms with Crippen molar-refractivity contribution in [3.63, 3.8) is 0 Å². The summed E-state index contributed by atoms with van der Waals surface area (Å²) in [4.78, 5) is 45.8. The van der Waals surface area contributed by atoms with Gasteiger partial charge in [0.1, 0.15) is 12.3 Å². The van der Waals surface area contributed by atoms with E-state index >= 15 is 0 Å². The van der Waals surface area contributed by atoms with E-state index in [0.717, 1.165) is 22.5 Å². The normalized spacial score (nSPS) is 11.6. The smallest absolute Gasteiger partial charge is 0.328 e. The van der Waals surface area contributed by atoms with Crippen LogP contribution in [0.25, 0.3) is 10.8 Å². The van der Waals surface area contributed by atoms with Crippen molar-refractivity contribution in [2.75, 3.05) is 28.0 Å². The fourth-order valence-electron chi connectivity index (χ4n) is 4.65. The number of nitrogens with one attached hydrogen (secondary N) is 2. The molecule has 4 rings (SSSR count). The summed E-state index contributed by atoms with van der Waals surface area (Å²) < 4.78 is 63.6. The molecule has 17 heteroatoms. The Hall–Kier alpha value is -5.94. The average Bonchev–Trinajstić information content (AvgIpc) is 3.02. The number of nitrogens with two attached hydrogens (primary N) is 2. The van der Waals surface area contributed by atoms with Crippen molar-refractivity contribution < 1.29 is 45.9 Å². The third-order valence-corrected chi connectivity index (χ3v) is 9.92. The molecule has 4 aromatic carbocycles. The number of nitrogens with zero attached hydrogens (tertiary/aromatic N) is 1. The van der Waals surface area contributed by atoms with Gasteiger partial charge in [0, 0.05) is 28.6 Å². The number of hydrogen-bond acceptors (Lipinski definition) is 9. The highest BCUT2D eigenvalue weighted by molar-refractivity contribution is 7.93. The van der Waals surface area contributed by atoms with Gasteiger partial charge in [-0.3, -0.25) is 23.4 Å². The zero-order chi connectivity index (χ0) is 35.2. The number of sulfonamides is 2. The number of amides is 3. The molecule has 0 unspecified atom stereocenters. The van der Waals surface area contributed by atoms with Gasteiger partial charge < -0.3 is 26.6 Å². The van der Waals surface area contributed by atoms with Crippen LogP contribution in [0.3, 0.4) is 0 Å². The fourth-order valence-corrected chi connectivity index (χ4v) is 7.41. The van der Waals surface area contributed by atoms with Crippen LogP contribution >= 0.6 is 0 Å². The van der Waals surface area contributed by atoms with Crippen LogP contribution in [0.5, 0.6) is 5.75 Å². The molecule has 0 fully saturated rings. The predicted molar refractivity (Wildman–Crippen MR) is 176 cm³/mol. The number of carbonyl (C=O) groups is 4. The molecule has 0 radical (unpaired) electrons. The fraction of sp³-hybridized carbons (Fsp3) is 0.0968. The maximum atomic E-state index is 13.9. The zero-order valence-electron chi connectivity index (χ0n) is 25.1. The standard InChI is InChI=1S/C31H29N5O10S2/c1-46-21-8-11-25(19(16-21)17-28(32)37)35-47(42,43)27-13-12-26(23-4-2-3-5-24(23)27)36(18-29(33)38)48(44,45)22-9-6-20(7-10-22)34-30(39)14-15-31(40)41/h2-16,35H,17-18H2,1H3,(H2,32,37)(H2,33,38)(H,34,39)(H,40,41)/b15-14-. The average molecular weight is 696 g/mol. The van der Waals surface area contributed by atoms with Gasteiger partial charge in [0.05, 0.1) is 34.7 Å². The summed E-state index contributed by atoms with van der Waals surface area (Å²) in [7, 11) is -7.48. The summed E-state index contributed by atoms with van der Waals surface area (Å²) in [6.45, 7) is -0.808. The van der Waals surface area contributed by atoms with Crippen molar-refractivity contribution >= 4 is 71.6 Å². The Morgan fingerprint density at radius 3 is 2.12 bits per heavy atom. The van der Waals surface area contributed by atoms with Crippen LogP contribution in [0.4, 0.5) is 17.1 Å². The molecule has 15 nitrogen and oxygen atoms in total. The highest BCUT2D eigenvalue weighted by Gasteiger charge is 2.30. The first-order chi connectivity index (χ1) is 22.6. The van der Waals surface area contributed by atoms with E-state index in [0.29, 0.717) is 11.8 Å². The van der Waals surface area contributed by atoms with Crippen molar-refractivity contribution in [1.82, 2.24) is 0 Å². The Balaban J connectivity index is 1.76. The van der Waals surface area contributed by atoms with Crippen LogP contribution in [0.15, 0.2) is 101 Å². The topological polar surface area (TPSA) is 245 Å². The molecule has 250 valence electrons. The summed E-state index contributed by atoms with van der Waals surface area (Å²) in [5, 5.41) is 11.3. The van der Waals surface area contributed by atoms with Crippen molar-refractivity contribution in [1.29, 1.82) is 0 Å². The second-order valence-corrected chi connectivity index (χ2v) is 13.6. The number of rotatable bonds is 14. The molecule has 0 aliphatic heterocycles. The van der Waals surface area contributed by atoms with Crippen LogP contribution in [0.2, 0.25) is 0 Å². The maximum Gasteiger partial charge on any atom is 0.328 e. The van der Waals surface area contributed by atoms with E-state index in [-0.39, 0.29) is 49.6 Å². The molecular weight excluding hydrogens is 666 g/mol. The Bertz CT molecular complexity index is 2170. The van der Waals surface area contributed by atoms with Gasteiger partial charge in [-0.2, -0.15) is 0 Å². The lowest BCUT2D eigenvalue weighted by Crippen LogP contribution is -2.38. The number of methoxy groups -OCH3 is 1. The van der Waals surface area contributed by atoms with Gasteiger partial charge in [0.25, 0.3) is 20.0 Å². The number of fused-ring (bicyclic) bond motifs is 1. The maximum absolute atomic E-state index is 13.9. The van der Waals surface area contributed by atoms with E-state index in [1.807, 2.05) is 0 Å². The van der Waals surface area contributed by atoms with Crippen LogP contribution in [-0.4, -0.2) is 59.3 Å². The number of hydrogen-bond donors (Lipinski definition) is 5. The SMILES string of the molecule is COc1ccc(NS(=O)(=O)c2ccc(N(CC(N)=O)S(=O)(=O)c3ccc(NC(=O)/C=C\C(=O)O)cc3)c3ccccc23)c(CC(N)=O)c1. The van der Waals surface area contributed by atoms with Crippen molar-refractivity contribution in [2.24, 2.45) is 11.5 Å². The van der Waals surface area contributed by atoms with Crippen LogP contribution in [-0.2, 0) is 45.6 Å². The minimum absolute atomic E-state index is 0.0570. The molecule has 0 heterocycles. The lowest BCUT2D eigenvalue weighted by atomic mass is 10.1. The second kappa shape index (κ2) is 14.2. The molecule has 7 N–H and O–H groups in total. The lowest BCUT2D eigenvalue weighted by Gasteiger charge is -2.25. The van der Waals surface area contributed by atoms with E-state index in [1.165, 1.54) is 61.7 Å². The Labute approximate surface area is 274 Å². The molecule has 0 aliphatic rings. The van der Waals surface area contributed by atoms with Crippen LogP contribution in [0, 0.1) is 0 Å². The summed E-state index contributed by atoms with van der Waals surface area (Å²) in [5.41, 5.74) is 11.2. The molecule has 0 saturated carbocycles. The minimum Gasteiger partial charge on any atom is -0.497 e. The number of ether oxygens (including phenoxy) is 1. The minimum atomic E-state index is -4.52. The molecule has 4 aromatic rings. The Morgan fingerprint density at radius 1 is 0.854 bits per heavy atom. The first-order valence-corrected chi connectivity index (χ1v) is 16.7. The molecule has 3 amide bonds. The number of carbonyl (C=O) groups excluding carboxylic acids is 3. The van der Waals surface area contributed by atoms with Crippen molar-refractivity contribution in [2.45, 2.75) is 16.2 Å². The highest BCUT2D eigenvalue weighted by atomic mass is 32.2. The number of anilines is 3. The van der Waals surface area contributed by atoms with Gasteiger partial charge in [-0.25, -0.2) is 21.6 Å². The molecule has 0 saturated heterocycles. The number of aliphatic carboxylic acids is 1. The number of benzene rings is 4. The van der Waals surface area contributed by atoms with Gasteiger partial charge in [0.2, 0.25) is 17.7 Å². The van der Waals surface area contributed by atoms with Crippen LogP contribution in [0.1, 0.15) is 5.56 Å².